The van der Waals surface area contributed by atoms with Crippen LogP contribution in [0.5, 0.6) is 0 Å². The Morgan fingerprint density at radius 3 is 0.848 bits per heavy atom. The van der Waals surface area contributed by atoms with E-state index in [1.165, 1.54) is 199 Å². The molecule has 79 heavy (non-hydrogen) atoms. The Hall–Kier alpha value is -3.15. The third kappa shape index (κ3) is 65.5. The SMILES string of the molecule is CC/C=C\C/C=C\C/C=C\C/C=C\CCCCC(=O)OC(COC(=O)CCCCCCC/C=C\C/C=C\CCC)COC(=O)CCCCCCCCCCCCCCCCCCCCCCCCCCCCCCCCCCC. The molecule has 6 nitrogen and oxygen atoms in total. The molecule has 0 saturated carbocycles. The van der Waals surface area contributed by atoms with Crippen LogP contribution in [-0.4, -0.2) is 37.2 Å². The van der Waals surface area contributed by atoms with Gasteiger partial charge in [0.2, 0.25) is 0 Å². The summed E-state index contributed by atoms with van der Waals surface area (Å²) in [5.41, 5.74) is 0. The number of hydrogen-bond acceptors (Lipinski definition) is 6. The highest BCUT2D eigenvalue weighted by Gasteiger charge is 2.19. The van der Waals surface area contributed by atoms with Crippen molar-refractivity contribution in [2.75, 3.05) is 13.2 Å². The van der Waals surface area contributed by atoms with Gasteiger partial charge in [0.1, 0.15) is 13.2 Å². The molecule has 458 valence electrons. The van der Waals surface area contributed by atoms with Crippen LogP contribution in [-0.2, 0) is 28.6 Å². The van der Waals surface area contributed by atoms with Crippen LogP contribution < -0.4 is 0 Å². The molecule has 0 aliphatic heterocycles. The lowest BCUT2D eigenvalue weighted by Crippen LogP contribution is -2.30. The summed E-state index contributed by atoms with van der Waals surface area (Å²) in [6, 6.07) is 0. The molecule has 6 heteroatoms. The van der Waals surface area contributed by atoms with E-state index in [9.17, 15) is 14.4 Å². The minimum absolute atomic E-state index is 0.0943. The van der Waals surface area contributed by atoms with Crippen LogP contribution in [0.15, 0.2) is 72.9 Å². The summed E-state index contributed by atoms with van der Waals surface area (Å²) in [6.07, 6.45) is 88.2. The van der Waals surface area contributed by atoms with Gasteiger partial charge >= 0.3 is 17.9 Å². The molecule has 0 aliphatic rings. The molecule has 0 aromatic heterocycles. The monoisotopic (exact) mass is 1100 g/mol. The largest absolute Gasteiger partial charge is 0.462 e. The second kappa shape index (κ2) is 67.4. The highest BCUT2D eigenvalue weighted by molar-refractivity contribution is 5.71. The van der Waals surface area contributed by atoms with Crippen molar-refractivity contribution in [3.63, 3.8) is 0 Å². The second-order valence-electron chi connectivity index (χ2n) is 23.1. The lowest BCUT2D eigenvalue weighted by molar-refractivity contribution is -0.167. The molecule has 0 heterocycles. The maximum Gasteiger partial charge on any atom is 0.306 e. The topological polar surface area (TPSA) is 78.9 Å². The van der Waals surface area contributed by atoms with E-state index in [4.69, 9.17) is 14.2 Å². The van der Waals surface area contributed by atoms with Crippen LogP contribution in [0.25, 0.3) is 0 Å². The fourth-order valence-electron chi connectivity index (χ4n) is 10.1. The molecule has 0 aromatic rings. The van der Waals surface area contributed by atoms with E-state index in [2.05, 4.69) is 93.7 Å². The number of carbonyl (C=O) groups excluding carboxylic acids is 3. The molecule has 1 atom stereocenters. The highest BCUT2D eigenvalue weighted by Crippen LogP contribution is 2.18. The summed E-state index contributed by atoms with van der Waals surface area (Å²) in [7, 11) is 0. The van der Waals surface area contributed by atoms with Gasteiger partial charge in [0.15, 0.2) is 6.10 Å². The normalized spacial score (nSPS) is 12.5. The first kappa shape index (κ1) is 75.8. The zero-order valence-corrected chi connectivity index (χ0v) is 52.6. The van der Waals surface area contributed by atoms with E-state index >= 15 is 0 Å². The van der Waals surface area contributed by atoms with E-state index in [0.717, 1.165) is 109 Å². The van der Waals surface area contributed by atoms with Crippen molar-refractivity contribution < 1.29 is 28.6 Å². The number of allylic oxidation sites excluding steroid dienone is 12. The zero-order valence-electron chi connectivity index (χ0n) is 52.6. The Morgan fingerprint density at radius 2 is 0.519 bits per heavy atom. The van der Waals surface area contributed by atoms with Crippen molar-refractivity contribution in [1.29, 1.82) is 0 Å². The summed E-state index contributed by atoms with van der Waals surface area (Å²) < 4.78 is 16.9. The van der Waals surface area contributed by atoms with Crippen molar-refractivity contribution in [1.82, 2.24) is 0 Å². The molecule has 0 aromatic carbocycles. The van der Waals surface area contributed by atoms with E-state index < -0.39 is 6.10 Å². The molecular weight excluding hydrogens is 973 g/mol. The zero-order chi connectivity index (χ0) is 57.1. The first-order valence-electron chi connectivity index (χ1n) is 34.4. The fraction of sp³-hybridized carbons (Fsp3) is 0.795. The fourth-order valence-corrected chi connectivity index (χ4v) is 10.1. The van der Waals surface area contributed by atoms with Crippen molar-refractivity contribution in [3.05, 3.63) is 72.9 Å². The minimum atomic E-state index is -0.803. The van der Waals surface area contributed by atoms with Crippen LogP contribution in [0.4, 0.5) is 0 Å². The van der Waals surface area contributed by atoms with Crippen molar-refractivity contribution in [2.24, 2.45) is 0 Å². The van der Waals surface area contributed by atoms with Crippen LogP contribution in [0, 0.1) is 0 Å². The molecular formula is C73H130O6. The predicted molar refractivity (Wildman–Crippen MR) is 344 cm³/mol. The first-order chi connectivity index (χ1) is 39.0. The van der Waals surface area contributed by atoms with Gasteiger partial charge in [-0.2, -0.15) is 0 Å². The van der Waals surface area contributed by atoms with E-state index in [-0.39, 0.29) is 37.5 Å². The summed E-state index contributed by atoms with van der Waals surface area (Å²) >= 11 is 0. The van der Waals surface area contributed by atoms with Gasteiger partial charge in [0, 0.05) is 19.3 Å². The third-order valence-corrected chi connectivity index (χ3v) is 15.2. The molecule has 0 amide bonds. The average molecular weight is 1100 g/mol. The number of rotatable bonds is 63. The number of hydrogen-bond donors (Lipinski definition) is 0. The maximum absolute atomic E-state index is 12.9. The van der Waals surface area contributed by atoms with Crippen molar-refractivity contribution >= 4 is 17.9 Å². The van der Waals surface area contributed by atoms with Crippen LogP contribution in [0.1, 0.15) is 355 Å². The van der Waals surface area contributed by atoms with E-state index in [1.54, 1.807) is 0 Å². The van der Waals surface area contributed by atoms with Crippen LogP contribution in [0.2, 0.25) is 0 Å². The van der Waals surface area contributed by atoms with Gasteiger partial charge in [-0.25, -0.2) is 0 Å². The second-order valence-corrected chi connectivity index (χ2v) is 23.1. The van der Waals surface area contributed by atoms with Crippen molar-refractivity contribution in [3.8, 4) is 0 Å². The predicted octanol–water partition coefficient (Wildman–Crippen LogP) is 23.7. The Morgan fingerprint density at radius 1 is 0.266 bits per heavy atom. The molecule has 0 N–H and O–H groups in total. The van der Waals surface area contributed by atoms with Gasteiger partial charge in [-0.15, -0.1) is 0 Å². The van der Waals surface area contributed by atoms with Gasteiger partial charge < -0.3 is 14.2 Å². The van der Waals surface area contributed by atoms with Gasteiger partial charge in [-0.1, -0.05) is 325 Å². The Labute approximate surface area is 491 Å². The summed E-state index contributed by atoms with van der Waals surface area (Å²) in [5, 5.41) is 0. The first-order valence-corrected chi connectivity index (χ1v) is 34.4. The number of unbranched alkanes of at least 4 members (excludes halogenated alkanes) is 40. The molecule has 0 radical (unpaired) electrons. The number of carbonyl (C=O) groups is 3. The van der Waals surface area contributed by atoms with E-state index in [1.807, 2.05) is 0 Å². The molecule has 0 spiro atoms. The Balaban J connectivity index is 4.12. The number of esters is 3. The summed E-state index contributed by atoms with van der Waals surface area (Å²) in [4.78, 5) is 38.2. The van der Waals surface area contributed by atoms with Gasteiger partial charge in [0.05, 0.1) is 0 Å². The number of ether oxygens (including phenoxy) is 3. The quantitative estimate of drug-likeness (QED) is 0.0261. The highest BCUT2D eigenvalue weighted by atomic mass is 16.6. The standard InChI is InChI=1S/C73H130O6/c1-4-7-10-13-16-19-22-25-27-28-29-30-31-32-33-34-35-36-37-38-39-40-41-42-43-44-46-48-51-54-57-60-63-66-72(75)78-69-70(68-77-71(74)65-62-59-56-53-50-47-24-21-18-15-12-9-6-3)79-73(76)67-64-61-58-55-52-49-45-26-23-20-17-14-11-8-5-2/h8,11-12,15,17,20-21,24,26,45,52,55,70H,4-7,9-10,13-14,16,18-19,22-23,25,27-44,46-51,53-54,56-69H2,1-3H3/b11-8-,15-12-,20-17-,24-21-,45-26-,55-52-. The molecule has 0 rings (SSSR count). The maximum atomic E-state index is 12.9. The van der Waals surface area contributed by atoms with E-state index in [0.29, 0.717) is 19.3 Å². The molecule has 0 fully saturated rings. The molecule has 0 aliphatic carbocycles. The molecule has 0 saturated heterocycles. The average Bonchev–Trinajstić information content (AvgIpc) is 3.45. The lowest BCUT2D eigenvalue weighted by atomic mass is 10.0. The summed E-state index contributed by atoms with van der Waals surface area (Å²) in [6.45, 7) is 6.46. The van der Waals surface area contributed by atoms with Gasteiger partial charge in [0.25, 0.3) is 0 Å². The Bertz CT molecular complexity index is 1450. The van der Waals surface area contributed by atoms with Crippen LogP contribution in [0.3, 0.4) is 0 Å². The van der Waals surface area contributed by atoms with Crippen LogP contribution >= 0.6 is 0 Å². The van der Waals surface area contributed by atoms with Gasteiger partial charge in [-0.3, -0.25) is 14.4 Å². The smallest absolute Gasteiger partial charge is 0.306 e. The third-order valence-electron chi connectivity index (χ3n) is 15.2. The summed E-state index contributed by atoms with van der Waals surface area (Å²) in [5.74, 6) is -0.937. The molecule has 1 unspecified atom stereocenters. The molecule has 0 bridgehead atoms. The Kier molecular flexibility index (Phi) is 64.7. The van der Waals surface area contributed by atoms with Crippen molar-refractivity contribution in [2.45, 2.75) is 361 Å². The van der Waals surface area contributed by atoms with Gasteiger partial charge in [-0.05, 0) is 83.5 Å². The minimum Gasteiger partial charge on any atom is -0.462 e. The lowest BCUT2D eigenvalue weighted by Gasteiger charge is -2.18.